The summed E-state index contributed by atoms with van der Waals surface area (Å²) in [5, 5.41) is 8.75. The summed E-state index contributed by atoms with van der Waals surface area (Å²) in [4.78, 5) is 15.4. The first-order valence-corrected chi connectivity index (χ1v) is 6.85. The normalized spacial score (nSPS) is 29.9. The number of aliphatic carboxylic acids is 1. The second-order valence-corrected chi connectivity index (χ2v) is 6.20. The molecule has 4 nitrogen and oxygen atoms in total. The van der Waals surface area contributed by atoms with Crippen LogP contribution < -0.4 is 0 Å². The molecule has 0 amide bonds. The van der Waals surface area contributed by atoms with Crippen LogP contribution in [-0.2, 0) is 4.79 Å². The molecule has 4 heteroatoms. The average Bonchev–Trinajstić information content (AvgIpc) is 2.80. The first kappa shape index (κ1) is 11.5. The zero-order chi connectivity index (χ0) is 11.9. The van der Waals surface area contributed by atoms with E-state index in [1.165, 1.54) is 45.2 Å². The number of nitrogens with zero attached hydrogens (tertiary/aromatic N) is 2. The third kappa shape index (κ3) is 2.20. The Morgan fingerprint density at radius 2 is 1.94 bits per heavy atom. The first-order valence-electron chi connectivity index (χ1n) is 6.85. The SMILES string of the molecule is O=C(O)CN1CC2(CCN(C3CCCC3)C2)C1. The molecule has 1 aliphatic carbocycles. The molecule has 0 unspecified atom stereocenters. The van der Waals surface area contributed by atoms with Gasteiger partial charge in [0.2, 0.25) is 0 Å². The van der Waals surface area contributed by atoms with Crippen molar-refractivity contribution in [2.75, 3.05) is 32.7 Å². The van der Waals surface area contributed by atoms with E-state index in [1.54, 1.807) is 0 Å². The van der Waals surface area contributed by atoms with Crippen molar-refractivity contribution >= 4 is 5.97 Å². The molecule has 0 radical (unpaired) electrons. The zero-order valence-corrected chi connectivity index (χ0v) is 10.4. The van der Waals surface area contributed by atoms with Gasteiger partial charge in [-0.1, -0.05) is 12.8 Å². The van der Waals surface area contributed by atoms with Crippen LogP contribution in [0.2, 0.25) is 0 Å². The van der Waals surface area contributed by atoms with Crippen LogP contribution in [0.4, 0.5) is 0 Å². The smallest absolute Gasteiger partial charge is 0.317 e. The van der Waals surface area contributed by atoms with Crippen LogP contribution >= 0.6 is 0 Å². The average molecular weight is 238 g/mol. The lowest BCUT2D eigenvalue weighted by atomic mass is 9.79. The lowest BCUT2D eigenvalue weighted by molar-refractivity contribution is -0.141. The molecule has 96 valence electrons. The summed E-state index contributed by atoms with van der Waals surface area (Å²) in [6.07, 6.45) is 6.85. The van der Waals surface area contributed by atoms with Gasteiger partial charge in [0.15, 0.2) is 0 Å². The van der Waals surface area contributed by atoms with E-state index < -0.39 is 5.97 Å². The zero-order valence-electron chi connectivity index (χ0n) is 10.4. The molecule has 3 rings (SSSR count). The molecule has 3 aliphatic rings. The molecule has 1 saturated carbocycles. The Kier molecular flexibility index (Phi) is 2.87. The second-order valence-electron chi connectivity index (χ2n) is 6.20. The van der Waals surface area contributed by atoms with Gasteiger partial charge in [0, 0.05) is 31.1 Å². The molecular weight excluding hydrogens is 216 g/mol. The fraction of sp³-hybridized carbons (Fsp3) is 0.923. The molecule has 0 aromatic rings. The summed E-state index contributed by atoms with van der Waals surface area (Å²) in [5.74, 6) is -0.689. The molecule has 0 aromatic heterocycles. The van der Waals surface area contributed by atoms with E-state index in [0.717, 1.165) is 19.1 Å². The van der Waals surface area contributed by atoms with Crippen molar-refractivity contribution in [2.24, 2.45) is 5.41 Å². The lowest BCUT2D eigenvalue weighted by Crippen LogP contribution is -2.58. The highest BCUT2D eigenvalue weighted by atomic mass is 16.4. The van der Waals surface area contributed by atoms with Gasteiger partial charge in [-0.2, -0.15) is 0 Å². The Labute approximate surface area is 103 Å². The molecule has 2 aliphatic heterocycles. The predicted octanol–water partition coefficient (Wildman–Crippen LogP) is 1.02. The predicted molar refractivity (Wildman–Crippen MR) is 65.0 cm³/mol. The molecule has 1 N–H and O–H groups in total. The van der Waals surface area contributed by atoms with Crippen LogP contribution in [-0.4, -0.2) is 59.6 Å². The third-order valence-corrected chi connectivity index (χ3v) is 4.79. The molecule has 2 saturated heterocycles. The van der Waals surface area contributed by atoms with E-state index in [1.807, 2.05) is 0 Å². The van der Waals surface area contributed by atoms with Crippen molar-refractivity contribution in [3.8, 4) is 0 Å². The van der Waals surface area contributed by atoms with E-state index in [9.17, 15) is 4.79 Å². The lowest BCUT2D eigenvalue weighted by Gasteiger charge is -2.47. The van der Waals surface area contributed by atoms with Gasteiger partial charge in [-0.05, 0) is 25.8 Å². The summed E-state index contributed by atoms with van der Waals surface area (Å²) in [6, 6.07) is 0.836. The first-order chi connectivity index (χ1) is 8.17. The Bertz CT molecular complexity index is 307. The summed E-state index contributed by atoms with van der Waals surface area (Å²) in [5.41, 5.74) is 0.442. The second kappa shape index (κ2) is 4.25. The fourth-order valence-electron chi connectivity index (χ4n) is 4.01. The van der Waals surface area contributed by atoms with Gasteiger partial charge in [-0.25, -0.2) is 0 Å². The minimum Gasteiger partial charge on any atom is -0.480 e. The molecule has 0 bridgehead atoms. The van der Waals surface area contributed by atoms with Crippen molar-refractivity contribution in [3.63, 3.8) is 0 Å². The molecule has 1 spiro atoms. The Balaban J connectivity index is 1.50. The highest BCUT2D eigenvalue weighted by molar-refractivity contribution is 5.69. The van der Waals surface area contributed by atoms with Crippen molar-refractivity contribution in [3.05, 3.63) is 0 Å². The molecule has 17 heavy (non-hydrogen) atoms. The van der Waals surface area contributed by atoms with Crippen molar-refractivity contribution < 1.29 is 9.90 Å². The maximum absolute atomic E-state index is 10.6. The number of carboxylic acids is 1. The highest BCUT2D eigenvalue weighted by Gasteiger charge is 2.48. The fourth-order valence-corrected chi connectivity index (χ4v) is 4.01. The van der Waals surface area contributed by atoms with Gasteiger partial charge < -0.3 is 5.11 Å². The molecule has 3 fully saturated rings. The standard InChI is InChI=1S/C13H22N2O2/c16-12(17)7-14-8-13(9-14)5-6-15(10-13)11-3-1-2-4-11/h11H,1-10H2,(H,16,17). The van der Waals surface area contributed by atoms with Crippen LogP contribution in [0, 0.1) is 5.41 Å². The molecular formula is C13H22N2O2. The summed E-state index contributed by atoms with van der Waals surface area (Å²) < 4.78 is 0. The minimum absolute atomic E-state index is 0.227. The van der Waals surface area contributed by atoms with Crippen molar-refractivity contribution in [1.29, 1.82) is 0 Å². The van der Waals surface area contributed by atoms with Gasteiger partial charge in [0.05, 0.1) is 6.54 Å². The summed E-state index contributed by atoms with van der Waals surface area (Å²) in [7, 11) is 0. The van der Waals surface area contributed by atoms with E-state index in [0.29, 0.717) is 5.41 Å². The van der Waals surface area contributed by atoms with Crippen LogP contribution in [0.25, 0.3) is 0 Å². The van der Waals surface area contributed by atoms with Crippen molar-refractivity contribution in [2.45, 2.75) is 38.1 Å². The number of carboxylic acid groups (broad SMARTS) is 1. The van der Waals surface area contributed by atoms with Crippen LogP contribution in [0.5, 0.6) is 0 Å². The van der Waals surface area contributed by atoms with E-state index >= 15 is 0 Å². The number of hydrogen-bond donors (Lipinski definition) is 1. The highest BCUT2D eigenvalue weighted by Crippen LogP contribution is 2.41. The van der Waals surface area contributed by atoms with Crippen LogP contribution in [0.3, 0.4) is 0 Å². The maximum Gasteiger partial charge on any atom is 0.317 e. The quantitative estimate of drug-likeness (QED) is 0.797. The van der Waals surface area contributed by atoms with E-state index in [-0.39, 0.29) is 6.54 Å². The topological polar surface area (TPSA) is 43.8 Å². The Morgan fingerprint density at radius 1 is 1.24 bits per heavy atom. The monoisotopic (exact) mass is 238 g/mol. The van der Waals surface area contributed by atoms with E-state index in [4.69, 9.17) is 5.11 Å². The Hall–Kier alpha value is -0.610. The van der Waals surface area contributed by atoms with Crippen LogP contribution in [0.1, 0.15) is 32.1 Å². The number of carbonyl (C=O) groups is 1. The van der Waals surface area contributed by atoms with E-state index in [2.05, 4.69) is 9.80 Å². The van der Waals surface area contributed by atoms with Crippen LogP contribution in [0.15, 0.2) is 0 Å². The van der Waals surface area contributed by atoms with Gasteiger partial charge >= 0.3 is 5.97 Å². The summed E-state index contributed by atoms with van der Waals surface area (Å²) >= 11 is 0. The maximum atomic E-state index is 10.6. The molecule has 2 heterocycles. The molecule has 0 atom stereocenters. The number of rotatable bonds is 3. The summed E-state index contributed by atoms with van der Waals surface area (Å²) in [6.45, 7) is 4.69. The number of likely N-dealkylation sites (tertiary alicyclic amines) is 2. The molecule has 0 aromatic carbocycles. The Morgan fingerprint density at radius 3 is 2.59 bits per heavy atom. The minimum atomic E-state index is -0.689. The van der Waals surface area contributed by atoms with Gasteiger partial charge in [-0.15, -0.1) is 0 Å². The number of hydrogen-bond acceptors (Lipinski definition) is 3. The largest absolute Gasteiger partial charge is 0.480 e. The third-order valence-electron chi connectivity index (χ3n) is 4.79. The van der Waals surface area contributed by atoms with Gasteiger partial charge in [0.1, 0.15) is 0 Å². The van der Waals surface area contributed by atoms with Gasteiger partial charge in [-0.3, -0.25) is 14.6 Å². The van der Waals surface area contributed by atoms with Crippen molar-refractivity contribution in [1.82, 2.24) is 9.80 Å². The van der Waals surface area contributed by atoms with Gasteiger partial charge in [0.25, 0.3) is 0 Å².